The SMILES string of the molecule is CS(=O)(=O)c1cc([N+](=O)[O-])ccc1Oc1cccc(F)c1F. The number of hydrogen-bond donors (Lipinski definition) is 0. The van der Waals surface area contributed by atoms with E-state index in [9.17, 15) is 27.3 Å². The summed E-state index contributed by atoms with van der Waals surface area (Å²) in [4.78, 5) is 9.44. The summed E-state index contributed by atoms with van der Waals surface area (Å²) in [5, 5.41) is 10.7. The van der Waals surface area contributed by atoms with E-state index < -0.39 is 42.7 Å². The highest BCUT2D eigenvalue weighted by atomic mass is 32.2. The summed E-state index contributed by atoms with van der Waals surface area (Å²) in [6.07, 6.45) is 0.820. The summed E-state index contributed by atoms with van der Waals surface area (Å²) in [6, 6.07) is 5.96. The van der Waals surface area contributed by atoms with Crippen molar-refractivity contribution in [2.24, 2.45) is 0 Å². The van der Waals surface area contributed by atoms with E-state index in [1.54, 1.807) is 0 Å². The van der Waals surface area contributed by atoms with E-state index in [-0.39, 0.29) is 5.75 Å². The quantitative estimate of drug-likeness (QED) is 0.635. The average molecular weight is 329 g/mol. The molecule has 22 heavy (non-hydrogen) atoms. The zero-order chi connectivity index (χ0) is 16.5. The number of hydrogen-bond acceptors (Lipinski definition) is 5. The van der Waals surface area contributed by atoms with E-state index in [2.05, 4.69) is 0 Å². The lowest BCUT2D eigenvalue weighted by molar-refractivity contribution is -0.385. The van der Waals surface area contributed by atoms with Gasteiger partial charge in [0.25, 0.3) is 5.69 Å². The molecule has 6 nitrogen and oxygen atoms in total. The van der Waals surface area contributed by atoms with Gasteiger partial charge >= 0.3 is 0 Å². The molecule has 0 spiro atoms. The van der Waals surface area contributed by atoms with Crippen LogP contribution in [0, 0.1) is 21.7 Å². The van der Waals surface area contributed by atoms with Crippen LogP contribution in [0.15, 0.2) is 41.3 Å². The van der Waals surface area contributed by atoms with Gasteiger partial charge in [0.05, 0.1) is 4.92 Å². The van der Waals surface area contributed by atoms with Gasteiger partial charge in [0, 0.05) is 18.4 Å². The number of rotatable bonds is 4. The van der Waals surface area contributed by atoms with E-state index in [0.717, 1.165) is 36.6 Å². The fraction of sp³-hybridized carbons (Fsp3) is 0.0769. The monoisotopic (exact) mass is 329 g/mol. The van der Waals surface area contributed by atoms with Gasteiger partial charge in [0.2, 0.25) is 5.82 Å². The zero-order valence-electron chi connectivity index (χ0n) is 11.1. The Balaban J connectivity index is 2.56. The van der Waals surface area contributed by atoms with Crippen LogP contribution in [-0.2, 0) is 9.84 Å². The molecule has 0 saturated carbocycles. The van der Waals surface area contributed by atoms with Gasteiger partial charge in [-0.2, -0.15) is 4.39 Å². The zero-order valence-corrected chi connectivity index (χ0v) is 11.9. The molecule has 0 saturated heterocycles. The standard InChI is InChI=1S/C13H9F2NO5S/c1-22(19,20)12-7-8(16(17)18)5-6-10(12)21-11-4-2-3-9(14)13(11)15/h2-7H,1H3. The predicted molar refractivity (Wildman–Crippen MR) is 72.6 cm³/mol. The summed E-state index contributed by atoms with van der Waals surface area (Å²) in [5.74, 6) is -3.32. The van der Waals surface area contributed by atoms with E-state index in [0.29, 0.717) is 0 Å². The second-order valence-electron chi connectivity index (χ2n) is 4.31. The predicted octanol–water partition coefficient (Wildman–Crippen LogP) is 3.07. The largest absolute Gasteiger partial charge is 0.453 e. The van der Waals surface area contributed by atoms with Crippen LogP contribution < -0.4 is 4.74 Å². The molecule has 2 aromatic carbocycles. The Morgan fingerprint density at radius 3 is 2.41 bits per heavy atom. The molecule has 0 aliphatic carbocycles. The summed E-state index contributed by atoms with van der Waals surface area (Å²) in [7, 11) is -3.88. The molecule has 0 N–H and O–H groups in total. The van der Waals surface area contributed by atoms with Crippen LogP contribution in [0.25, 0.3) is 0 Å². The third kappa shape index (κ3) is 3.19. The molecule has 9 heteroatoms. The Bertz CT molecular complexity index is 852. The summed E-state index contributed by atoms with van der Waals surface area (Å²) >= 11 is 0. The van der Waals surface area contributed by atoms with Crippen LogP contribution in [0.5, 0.6) is 11.5 Å². The average Bonchev–Trinajstić information content (AvgIpc) is 2.43. The number of nitro groups is 1. The Hall–Kier alpha value is -2.55. The van der Waals surface area contributed by atoms with Gasteiger partial charge in [-0.1, -0.05) is 6.07 Å². The second-order valence-corrected chi connectivity index (χ2v) is 6.30. The van der Waals surface area contributed by atoms with Crippen molar-refractivity contribution in [1.29, 1.82) is 0 Å². The first kappa shape index (κ1) is 15.8. The third-order valence-corrected chi connectivity index (χ3v) is 3.79. The fourth-order valence-electron chi connectivity index (χ4n) is 1.67. The van der Waals surface area contributed by atoms with Crippen molar-refractivity contribution >= 4 is 15.5 Å². The van der Waals surface area contributed by atoms with Gasteiger partial charge in [-0.3, -0.25) is 10.1 Å². The molecule has 0 aliphatic rings. The van der Waals surface area contributed by atoms with Crippen LogP contribution in [-0.4, -0.2) is 19.6 Å². The van der Waals surface area contributed by atoms with Gasteiger partial charge in [0.15, 0.2) is 21.4 Å². The minimum Gasteiger partial charge on any atom is -0.453 e. The van der Waals surface area contributed by atoms with Crippen molar-refractivity contribution in [1.82, 2.24) is 0 Å². The van der Waals surface area contributed by atoms with E-state index in [4.69, 9.17) is 4.74 Å². The van der Waals surface area contributed by atoms with Gasteiger partial charge < -0.3 is 4.74 Å². The maximum Gasteiger partial charge on any atom is 0.271 e. The molecule has 0 aromatic heterocycles. The highest BCUT2D eigenvalue weighted by molar-refractivity contribution is 7.90. The Morgan fingerprint density at radius 2 is 1.82 bits per heavy atom. The van der Waals surface area contributed by atoms with Crippen molar-refractivity contribution in [2.45, 2.75) is 4.90 Å². The van der Waals surface area contributed by atoms with Crippen LogP contribution in [0.2, 0.25) is 0 Å². The van der Waals surface area contributed by atoms with Crippen LogP contribution >= 0.6 is 0 Å². The lowest BCUT2D eigenvalue weighted by atomic mass is 10.3. The topological polar surface area (TPSA) is 86.5 Å². The first-order chi connectivity index (χ1) is 10.2. The molecular weight excluding hydrogens is 320 g/mol. The smallest absolute Gasteiger partial charge is 0.271 e. The number of sulfone groups is 1. The van der Waals surface area contributed by atoms with Crippen molar-refractivity contribution in [3.63, 3.8) is 0 Å². The molecule has 2 rings (SSSR count). The van der Waals surface area contributed by atoms with Crippen molar-refractivity contribution in [3.8, 4) is 11.5 Å². The van der Waals surface area contributed by atoms with Crippen molar-refractivity contribution < 1.29 is 26.9 Å². The van der Waals surface area contributed by atoms with Gasteiger partial charge in [0.1, 0.15) is 10.6 Å². The Labute approximate surface area is 124 Å². The maximum atomic E-state index is 13.6. The molecule has 0 atom stereocenters. The molecule has 2 aromatic rings. The number of halogens is 2. The molecule has 0 bridgehead atoms. The van der Waals surface area contributed by atoms with Crippen molar-refractivity contribution in [2.75, 3.05) is 6.26 Å². The van der Waals surface area contributed by atoms with Gasteiger partial charge in [-0.05, 0) is 18.2 Å². The molecular formula is C13H9F2NO5S. The molecule has 0 aliphatic heterocycles. The molecule has 0 heterocycles. The molecule has 0 unspecified atom stereocenters. The number of non-ortho nitro benzene ring substituents is 1. The summed E-state index contributed by atoms with van der Waals surface area (Å²) in [5.41, 5.74) is -0.465. The van der Waals surface area contributed by atoms with Gasteiger partial charge in [-0.15, -0.1) is 0 Å². The Morgan fingerprint density at radius 1 is 1.14 bits per heavy atom. The number of benzene rings is 2. The highest BCUT2D eigenvalue weighted by Gasteiger charge is 2.21. The highest BCUT2D eigenvalue weighted by Crippen LogP contribution is 2.33. The number of ether oxygens (including phenoxy) is 1. The number of nitro benzene ring substituents is 1. The van der Waals surface area contributed by atoms with Crippen LogP contribution in [0.4, 0.5) is 14.5 Å². The minimum absolute atomic E-state index is 0.336. The lowest BCUT2D eigenvalue weighted by Crippen LogP contribution is -2.02. The summed E-state index contributed by atoms with van der Waals surface area (Å²) < 4.78 is 55.2. The molecule has 0 radical (unpaired) electrons. The first-order valence-corrected chi connectivity index (χ1v) is 7.69. The van der Waals surface area contributed by atoms with E-state index >= 15 is 0 Å². The summed E-state index contributed by atoms with van der Waals surface area (Å²) in [6.45, 7) is 0. The van der Waals surface area contributed by atoms with Crippen LogP contribution in [0.1, 0.15) is 0 Å². The fourth-order valence-corrected chi connectivity index (χ4v) is 2.48. The van der Waals surface area contributed by atoms with Crippen molar-refractivity contribution in [3.05, 3.63) is 58.1 Å². The Kier molecular flexibility index (Phi) is 4.09. The lowest BCUT2D eigenvalue weighted by Gasteiger charge is -2.10. The molecule has 0 amide bonds. The second kappa shape index (κ2) is 5.68. The number of nitrogens with zero attached hydrogens (tertiary/aromatic N) is 1. The maximum absolute atomic E-state index is 13.6. The normalized spacial score (nSPS) is 11.2. The van der Waals surface area contributed by atoms with Gasteiger partial charge in [-0.25, -0.2) is 12.8 Å². The third-order valence-electron chi connectivity index (χ3n) is 2.67. The molecule has 116 valence electrons. The van der Waals surface area contributed by atoms with E-state index in [1.165, 1.54) is 6.07 Å². The van der Waals surface area contributed by atoms with E-state index in [1.807, 2.05) is 0 Å². The first-order valence-electron chi connectivity index (χ1n) is 5.80. The van der Waals surface area contributed by atoms with Crippen LogP contribution in [0.3, 0.4) is 0 Å². The molecule has 0 fully saturated rings. The minimum atomic E-state index is -3.88.